The van der Waals surface area contributed by atoms with E-state index in [1.807, 2.05) is 0 Å². The fourth-order valence-electron chi connectivity index (χ4n) is 1.30. The summed E-state index contributed by atoms with van der Waals surface area (Å²) in [5, 5.41) is 2.50. The number of halogens is 1. The lowest BCUT2D eigenvalue weighted by atomic mass is 10.3. The van der Waals surface area contributed by atoms with E-state index in [0.29, 0.717) is 6.54 Å². The maximum absolute atomic E-state index is 12.7. The highest BCUT2D eigenvalue weighted by molar-refractivity contribution is 7.89. The molecule has 0 heterocycles. The highest BCUT2D eigenvalue weighted by Gasteiger charge is 2.21. The number of carbonyl (C=O) groups excluding carboxylic acids is 1. The molecule has 1 atom stereocenters. The molecule has 0 saturated carbocycles. The summed E-state index contributed by atoms with van der Waals surface area (Å²) in [6, 6.07) is 3.49. The van der Waals surface area contributed by atoms with E-state index in [1.165, 1.54) is 6.92 Å². The number of hydrogen-bond acceptors (Lipinski definition) is 3. The lowest BCUT2D eigenvalue weighted by Crippen LogP contribution is -2.44. The molecule has 18 heavy (non-hydrogen) atoms. The van der Waals surface area contributed by atoms with Gasteiger partial charge in [-0.05, 0) is 38.1 Å². The van der Waals surface area contributed by atoms with E-state index in [-0.39, 0.29) is 4.90 Å². The summed E-state index contributed by atoms with van der Waals surface area (Å²) >= 11 is 0. The summed E-state index contributed by atoms with van der Waals surface area (Å²) in [6.07, 6.45) is 0. The number of amides is 1. The molecule has 0 spiro atoms. The first-order valence-corrected chi connectivity index (χ1v) is 6.90. The number of nitrogens with one attached hydrogen (secondary N) is 2. The minimum atomic E-state index is -3.82. The van der Waals surface area contributed by atoms with Gasteiger partial charge in [0.1, 0.15) is 5.82 Å². The van der Waals surface area contributed by atoms with Gasteiger partial charge in [-0.25, -0.2) is 12.8 Å². The van der Waals surface area contributed by atoms with Crippen LogP contribution in [0.3, 0.4) is 0 Å². The zero-order valence-corrected chi connectivity index (χ0v) is 10.9. The molecule has 100 valence electrons. The molecular formula is C11H15FN2O3S. The second-order valence-electron chi connectivity index (χ2n) is 3.69. The van der Waals surface area contributed by atoms with E-state index in [2.05, 4.69) is 10.0 Å². The lowest BCUT2D eigenvalue weighted by molar-refractivity contribution is -0.122. The van der Waals surface area contributed by atoms with Crippen molar-refractivity contribution in [1.82, 2.24) is 10.0 Å². The molecule has 1 aromatic carbocycles. The van der Waals surface area contributed by atoms with Crippen molar-refractivity contribution in [3.8, 4) is 0 Å². The Morgan fingerprint density at radius 3 is 2.39 bits per heavy atom. The number of hydrogen-bond donors (Lipinski definition) is 2. The van der Waals surface area contributed by atoms with Crippen LogP contribution in [0.5, 0.6) is 0 Å². The number of rotatable bonds is 5. The maximum atomic E-state index is 12.7. The topological polar surface area (TPSA) is 75.3 Å². The molecule has 0 bridgehead atoms. The van der Waals surface area contributed by atoms with E-state index in [9.17, 15) is 17.6 Å². The highest BCUT2D eigenvalue weighted by atomic mass is 32.2. The fraction of sp³-hybridized carbons (Fsp3) is 0.364. The van der Waals surface area contributed by atoms with E-state index in [0.717, 1.165) is 24.3 Å². The summed E-state index contributed by atoms with van der Waals surface area (Å²) in [4.78, 5) is 11.3. The van der Waals surface area contributed by atoms with E-state index < -0.39 is 27.8 Å². The first kappa shape index (κ1) is 14.6. The quantitative estimate of drug-likeness (QED) is 0.827. The van der Waals surface area contributed by atoms with Crippen LogP contribution < -0.4 is 10.0 Å². The molecule has 0 aliphatic rings. The van der Waals surface area contributed by atoms with Gasteiger partial charge in [-0.1, -0.05) is 0 Å². The predicted octanol–water partition coefficient (Wildman–Crippen LogP) is 0.629. The molecule has 2 N–H and O–H groups in total. The van der Waals surface area contributed by atoms with Gasteiger partial charge in [0.05, 0.1) is 10.9 Å². The molecule has 0 unspecified atom stereocenters. The molecule has 0 saturated heterocycles. The summed E-state index contributed by atoms with van der Waals surface area (Å²) in [6.45, 7) is 3.59. The third kappa shape index (κ3) is 3.78. The van der Waals surface area contributed by atoms with Gasteiger partial charge in [0.2, 0.25) is 15.9 Å². The zero-order valence-electron chi connectivity index (χ0n) is 10.1. The van der Waals surface area contributed by atoms with Gasteiger partial charge >= 0.3 is 0 Å². The summed E-state index contributed by atoms with van der Waals surface area (Å²) in [5.41, 5.74) is 0. The molecule has 1 rings (SSSR count). The Hall–Kier alpha value is -1.47. The van der Waals surface area contributed by atoms with Crippen molar-refractivity contribution in [2.45, 2.75) is 24.8 Å². The van der Waals surface area contributed by atoms with Crippen LogP contribution in [0.2, 0.25) is 0 Å². The predicted molar refractivity (Wildman–Crippen MR) is 64.9 cm³/mol. The monoisotopic (exact) mass is 274 g/mol. The average Bonchev–Trinajstić information content (AvgIpc) is 2.29. The maximum Gasteiger partial charge on any atom is 0.241 e. The van der Waals surface area contributed by atoms with Gasteiger partial charge in [-0.2, -0.15) is 4.72 Å². The first-order chi connectivity index (χ1) is 8.36. The van der Waals surface area contributed by atoms with Crippen LogP contribution in [-0.2, 0) is 14.8 Å². The van der Waals surface area contributed by atoms with Gasteiger partial charge in [0.25, 0.3) is 0 Å². The van der Waals surface area contributed by atoms with Crippen LogP contribution in [-0.4, -0.2) is 26.9 Å². The van der Waals surface area contributed by atoms with Crippen molar-refractivity contribution in [1.29, 1.82) is 0 Å². The molecule has 1 amide bonds. The van der Waals surface area contributed by atoms with E-state index >= 15 is 0 Å². The minimum absolute atomic E-state index is 0.0833. The Balaban J connectivity index is 2.82. The van der Waals surface area contributed by atoms with Gasteiger partial charge in [-0.3, -0.25) is 4.79 Å². The molecule has 0 radical (unpaired) electrons. The highest BCUT2D eigenvalue weighted by Crippen LogP contribution is 2.10. The van der Waals surface area contributed by atoms with Gasteiger partial charge in [-0.15, -0.1) is 0 Å². The smallest absolute Gasteiger partial charge is 0.241 e. The molecule has 5 nitrogen and oxygen atoms in total. The van der Waals surface area contributed by atoms with Gasteiger partial charge < -0.3 is 5.32 Å². The first-order valence-electron chi connectivity index (χ1n) is 5.42. The SMILES string of the molecule is CCNC(=O)[C@@H](C)NS(=O)(=O)c1ccc(F)cc1. The van der Waals surface area contributed by atoms with Crippen molar-refractivity contribution in [3.63, 3.8) is 0 Å². The minimum Gasteiger partial charge on any atom is -0.355 e. The van der Waals surface area contributed by atoms with Crippen LogP contribution in [0.1, 0.15) is 13.8 Å². The molecule has 7 heteroatoms. The molecule has 0 fully saturated rings. The van der Waals surface area contributed by atoms with Gasteiger partial charge in [0, 0.05) is 6.54 Å². The number of benzene rings is 1. The number of carbonyl (C=O) groups is 1. The van der Waals surface area contributed by atoms with Crippen molar-refractivity contribution < 1.29 is 17.6 Å². The summed E-state index contributed by atoms with van der Waals surface area (Å²) in [7, 11) is -3.82. The second-order valence-corrected chi connectivity index (χ2v) is 5.41. The van der Waals surface area contributed by atoms with Gasteiger partial charge in [0.15, 0.2) is 0 Å². The average molecular weight is 274 g/mol. The van der Waals surface area contributed by atoms with Crippen LogP contribution in [0.4, 0.5) is 4.39 Å². The van der Waals surface area contributed by atoms with E-state index in [4.69, 9.17) is 0 Å². The summed E-state index contributed by atoms with van der Waals surface area (Å²) in [5.74, 6) is -0.936. The molecule has 0 aromatic heterocycles. The standard InChI is InChI=1S/C11H15FN2O3S/c1-3-13-11(15)8(2)14-18(16,17)10-6-4-9(12)5-7-10/h4-8,14H,3H2,1-2H3,(H,13,15)/t8-/m1/s1. The molecule has 1 aromatic rings. The Labute approximate surface area is 105 Å². The van der Waals surface area contributed by atoms with Crippen molar-refractivity contribution in [3.05, 3.63) is 30.1 Å². The summed E-state index contributed by atoms with van der Waals surface area (Å²) < 4.78 is 38.6. The van der Waals surface area contributed by atoms with Crippen molar-refractivity contribution in [2.24, 2.45) is 0 Å². The Bertz CT molecular complexity index is 514. The largest absolute Gasteiger partial charge is 0.355 e. The second kappa shape index (κ2) is 5.92. The Morgan fingerprint density at radius 1 is 1.33 bits per heavy atom. The van der Waals surface area contributed by atoms with E-state index in [1.54, 1.807) is 6.92 Å². The fourth-order valence-corrected chi connectivity index (χ4v) is 2.50. The normalized spacial score (nSPS) is 13.1. The van der Waals surface area contributed by atoms with Crippen LogP contribution in [0.15, 0.2) is 29.2 Å². The molecule has 0 aliphatic heterocycles. The Morgan fingerprint density at radius 2 is 1.89 bits per heavy atom. The van der Waals surface area contributed by atoms with Crippen molar-refractivity contribution >= 4 is 15.9 Å². The third-order valence-corrected chi connectivity index (χ3v) is 3.76. The molecule has 0 aliphatic carbocycles. The number of sulfonamides is 1. The van der Waals surface area contributed by atoms with Crippen LogP contribution in [0.25, 0.3) is 0 Å². The van der Waals surface area contributed by atoms with Crippen molar-refractivity contribution in [2.75, 3.05) is 6.54 Å². The van der Waals surface area contributed by atoms with Crippen LogP contribution >= 0.6 is 0 Å². The molecular weight excluding hydrogens is 259 g/mol. The Kier molecular flexibility index (Phi) is 4.80. The zero-order chi connectivity index (χ0) is 13.8. The van der Waals surface area contributed by atoms with Crippen LogP contribution in [0, 0.1) is 5.82 Å². The number of likely N-dealkylation sites (N-methyl/N-ethyl adjacent to an activating group) is 1. The lowest BCUT2D eigenvalue weighted by Gasteiger charge is -2.13. The third-order valence-electron chi connectivity index (χ3n) is 2.20.